The molecular weight excluding hydrogens is 427 g/mol. The summed E-state index contributed by atoms with van der Waals surface area (Å²) in [6, 6.07) is 13.3. The maximum Gasteiger partial charge on any atom is 0.224 e. The molecule has 1 N–H and O–H groups in total. The predicted octanol–water partition coefficient (Wildman–Crippen LogP) is 5.45. The molecule has 0 aliphatic rings. The van der Waals surface area contributed by atoms with Crippen LogP contribution in [0.3, 0.4) is 0 Å². The molecular formula is C24H27FN4O2S. The zero-order chi connectivity index (χ0) is 23.1. The van der Waals surface area contributed by atoms with E-state index < -0.39 is 0 Å². The van der Waals surface area contributed by atoms with Gasteiger partial charge in [-0.3, -0.25) is 9.59 Å². The number of carbonyl (C=O) groups is 2. The molecule has 0 spiro atoms. The van der Waals surface area contributed by atoms with Gasteiger partial charge in [-0.1, -0.05) is 44.7 Å². The topological polar surface area (TPSA) is 76.9 Å². The number of nitrogens with one attached hydrogen (secondary N) is 1. The van der Waals surface area contributed by atoms with Gasteiger partial charge >= 0.3 is 0 Å². The van der Waals surface area contributed by atoms with Crippen LogP contribution in [-0.2, 0) is 11.3 Å². The highest BCUT2D eigenvalue weighted by molar-refractivity contribution is 7.99. The van der Waals surface area contributed by atoms with Gasteiger partial charge in [0, 0.05) is 24.2 Å². The molecule has 3 aromatic rings. The molecule has 0 radical (unpaired) electrons. The van der Waals surface area contributed by atoms with E-state index >= 15 is 0 Å². The Labute approximate surface area is 191 Å². The van der Waals surface area contributed by atoms with Gasteiger partial charge in [-0.05, 0) is 48.7 Å². The number of anilines is 1. The Morgan fingerprint density at radius 1 is 1.09 bits per heavy atom. The quantitative estimate of drug-likeness (QED) is 0.325. The molecule has 32 heavy (non-hydrogen) atoms. The highest BCUT2D eigenvalue weighted by atomic mass is 32.2. The van der Waals surface area contributed by atoms with Gasteiger partial charge in [-0.15, -0.1) is 10.2 Å². The van der Waals surface area contributed by atoms with E-state index in [1.807, 2.05) is 11.5 Å². The van der Waals surface area contributed by atoms with Crippen LogP contribution >= 0.6 is 11.8 Å². The van der Waals surface area contributed by atoms with Gasteiger partial charge in [0.15, 0.2) is 16.8 Å². The van der Waals surface area contributed by atoms with E-state index in [0.29, 0.717) is 46.7 Å². The first kappa shape index (κ1) is 23.7. The Morgan fingerprint density at radius 3 is 2.47 bits per heavy atom. The van der Waals surface area contributed by atoms with E-state index in [0.717, 1.165) is 6.42 Å². The van der Waals surface area contributed by atoms with Crippen molar-refractivity contribution in [2.24, 2.45) is 5.92 Å². The van der Waals surface area contributed by atoms with Crippen LogP contribution < -0.4 is 5.32 Å². The van der Waals surface area contributed by atoms with Gasteiger partial charge in [0.25, 0.3) is 0 Å². The van der Waals surface area contributed by atoms with Gasteiger partial charge in [-0.2, -0.15) is 0 Å². The van der Waals surface area contributed by atoms with Crippen molar-refractivity contribution in [1.29, 1.82) is 0 Å². The van der Waals surface area contributed by atoms with Crippen LogP contribution in [-0.4, -0.2) is 32.2 Å². The van der Waals surface area contributed by atoms with Crippen molar-refractivity contribution in [2.45, 2.75) is 45.3 Å². The fraction of sp³-hybridized carbons (Fsp3) is 0.333. The van der Waals surface area contributed by atoms with E-state index in [1.54, 1.807) is 42.5 Å². The summed E-state index contributed by atoms with van der Waals surface area (Å²) in [6.45, 7) is 6.68. The molecule has 6 nitrogen and oxygen atoms in total. The largest absolute Gasteiger partial charge is 0.326 e. The highest BCUT2D eigenvalue weighted by Gasteiger charge is 2.19. The van der Waals surface area contributed by atoms with Gasteiger partial charge in [0.2, 0.25) is 5.91 Å². The van der Waals surface area contributed by atoms with E-state index in [4.69, 9.17) is 0 Å². The number of amides is 1. The molecule has 0 aliphatic heterocycles. The minimum atomic E-state index is -0.358. The van der Waals surface area contributed by atoms with Crippen LogP contribution in [0.25, 0.3) is 11.4 Å². The van der Waals surface area contributed by atoms with Crippen LogP contribution in [0.4, 0.5) is 10.1 Å². The lowest BCUT2D eigenvalue weighted by Crippen LogP contribution is -2.11. The molecule has 0 atom stereocenters. The molecule has 2 aromatic carbocycles. The minimum Gasteiger partial charge on any atom is -0.326 e. The highest BCUT2D eigenvalue weighted by Crippen LogP contribution is 2.27. The van der Waals surface area contributed by atoms with Gasteiger partial charge in [-0.25, -0.2) is 4.39 Å². The smallest absolute Gasteiger partial charge is 0.224 e. The second-order valence-electron chi connectivity index (χ2n) is 7.88. The van der Waals surface area contributed by atoms with Crippen molar-refractivity contribution in [2.75, 3.05) is 11.1 Å². The Balaban J connectivity index is 1.71. The Morgan fingerprint density at radius 2 is 1.81 bits per heavy atom. The van der Waals surface area contributed by atoms with Crippen LogP contribution in [0.2, 0.25) is 0 Å². The molecule has 168 valence electrons. The van der Waals surface area contributed by atoms with E-state index in [-0.39, 0.29) is 23.3 Å². The van der Waals surface area contributed by atoms with Crippen molar-refractivity contribution in [3.05, 3.63) is 59.9 Å². The number of thioether (sulfide) groups is 1. The van der Waals surface area contributed by atoms with Crippen LogP contribution in [0.1, 0.15) is 44.0 Å². The minimum absolute atomic E-state index is 0.0442. The first-order valence-corrected chi connectivity index (χ1v) is 11.6. The average molecular weight is 455 g/mol. The Bertz CT molecular complexity index is 1080. The van der Waals surface area contributed by atoms with Crippen molar-refractivity contribution in [1.82, 2.24) is 14.8 Å². The average Bonchev–Trinajstić information content (AvgIpc) is 3.14. The third kappa shape index (κ3) is 6.03. The van der Waals surface area contributed by atoms with Crippen LogP contribution in [0, 0.1) is 11.7 Å². The third-order valence-electron chi connectivity index (χ3n) is 4.68. The summed E-state index contributed by atoms with van der Waals surface area (Å²) < 4.78 is 16.2. The normalized spacial score (nSPS) is 11.0. The summed E-state index contributed by atoms with van der Waals surface area (Å²) in [5, 5.41) is 11.8. The molecule has 0 bridgehead atoms. The zero-order valence-corrected chi connectivity index (χ0v) is 19.3. The lowest BCUT2D eigenvalue weighted by atomic mass is 10.1. The molecule has 0 fully saturated rings. The first-order chi connectivity index (χ1) is 15.4. The lowest BCUT2D eigenvalue weighted by Gasteiger charge is -2.13. The fourth-order valence-electron chi connectivity index (χ4n) is 3.17. The molecule has 1 amide bonds. The summed E-state index contributed by atoms with van der Waals surface area (Å²) in [7, 11) is 0. The van der Waals surface area contributed by atoms with E-state index in [2.05, 4.69) is 29.4 Å². The van der Waals surface area contributed by atoms with E-state index in [9.17, 15) is 14.0 Å². The second kappa shape index (κ2) is 11.0. The second-order valence-corrected chi connectivity index (χ2v) is 8.82. The zero-order valence-electron chi connectivity index (χ0n) is 18.5. The fourth-order valence-corrected chi connectivity index (χ4v) is 4.01. The van der Waals surface area contributed by atoms with Gasteiger partial charge in [0.05, 0.1) is 11.3 Å². The Hall–Kier alpha value is -3.00. The summed E-state index contributed by atoms with van der Waals surface area (Å²) in [5.41, 5.74) is 1.61. The van der Waals surface area contributed by atoms with Gasteiger partial charge in [0.1, 0.15) is 5.82 Å². The lowest BCUT2D eigenvalue weighted by molar-refractivity contribution is -0.116. The van der Waals surface area contributed by atoms with Crippen LogP contribution in [0.15, 0.2) is 53.7 Å². The molecule has 3 rings (SSSR count). The number of benzene rings is 2. The summed E-state index contributed by atoms with van der Waals surface area (Å²) in [6.07, 6.45) is 1.24. The third-order valence-corrected chi connectivity index (χ3v) is 5.65. The monoisotopic (exact) mass is 454 g/mol. The number of aromatic nitrogens is 3. The SMILES string of the molecule is CCCC(=O)Nc1ccc(C(=O)CSc2nnc(-c3ccccc3F)n2CC(C)C)cc1. The number of Topliss-reactive ketones (excluding diaryl/α,β-unsaturated/α-hetero) is 1. The Kier molecular flexibility index (Phi) is 8.16. The molecule has 0 saturated carbocycles. The summed E-state index contributed by atoms with van der Waals surface area (Å²) in [4.78, 5) is 24.4. The van der Waals surface area contributed by atoms with Crippen LogP contribution in [0.5, 0.6) is 0 Å². The first-order valence-electron chi connectivity index (χ1n) is 10.6. The van der Waals surface area contributed by atoms with E-state index in [1.165, 1.54) is 17.8 Å². The van der Waals surface area contributed by atoms with Crippen molar-refractivity contribution >= 4 is 29.1 Å². The van der Waals surface area contributed by atoms with Crippen molar-refractivity contribution in [3.63, 3.8) is 0 Å². The molecule has 0 saturated heterocycles. The maximum absolute atomic E-state index is 14.3. The number of carbonyl (C=O) groups excluding carboxylic acids is 2. The molecule has 1 aromatic heterocycles. The number of rotatable bonds is 10. The maximum atomic E-state index is 14.3. The number of ketones is 1. The summed E-state index contributed by atoms with van der Waals surface area (Å²) in [5.74, 6) is 0.463. The number of hydrogen-bond acceptors (Lipinski definition) is 5. The number of halogens is 1. The molecule has 1 heterocycles. The molecule has 8 heteroatoms. The molecule has 0 aliphatic carbocycles. The predicted molar refractivity (Wildman–Crippen MR) is 125 cm³/mol. The number of hydrogen-bond donors (Lipinski definition) is 1. The van der Waals surface area contributed by atoms with Crippen molar-refractivity contribution < 1.29 is 14.0 Å². The van der Waals surface area contributed by atoms with Gasteiger partial charge < -0.3 is 9.88 Å². The van der Waals surface area contributed by atoms with Crippen molar-refractivity contribution in [3.8, 4) is 11.4 Å². The standard InChI is InChI=1S/C24H27FN4O2S/c1-4-7-22(31)26-18-12-10-17(11-13-18)21(30)15-32-24-28-27-23(29(24)14-16(2)3)19-8-5-6-9-20(19)25/h5-6,8-13,16H,4,7,14-15H2,1-3H3,(H,26,31). The summed E-state index contributed by atoms with van der Waals surface area (Å²) >= 11 is 1.28. The number of nitrogens with zero attached hydrogens (tertiary/aromatic N) is 3. The molecule has 0 unspecified atom stereocenters.